The van der Waals surface area contributed by atoms with Crippen molar-refractivity contribution in [2.45, 2.75) is 26.2 Å². The summed E-state index contributed by atoms with van der Waals surface area (Å²) in [5.74, 6) is -0.710. The SMILES string of the molecule is CC[C@H](C)c1ccc(NC(=O)COC(=O)c2cc(=O)[nH]c3ccccc23)cc1. The number of para-hydroxylation sites is 1. The Hall–Kier alpha value is -3.41. The van der Waals surface area contributed by atoms with E-state index in [0.29, 0.717) is 22.5 Å². The van der Waals surface area contributed by atoms with Gasteiger partial charge in [0.05, 0.1) is 5.56 Å². The maximum Gasteiger partial charge on any atom is 0.339 e. The van der Waals surface area contributed by atoms with Crippen LogP contribution in [0.5, 0.6) is 0 Å². The fraction of sp³-hybridized carbons (Fsp3) is 0.227. The molecule has 6 heteroatoms. The Morgan fingerprint density at radius 2 is 1.82 bits per heavy atom. The molecule has 0 unspecified atom stereocenters. The minimum Gasteiger partial charge on any atom is -0.452 e. The van der Waals surface area contributed by atoms with E-state index in [2.05, 4.69) is 24.1 Å². The summed E-state index contributed by atoms with van der Waals surface area (Å²) in [6, 6.07) is 15.7. The Morgan fingerprint density at radius 3 is 2.54 bits per heavy atom. The highest BCUT2D eigenvalue weighted by Crippen LogP contribution is 2.20. The summed E-state index contributed by atoms with van der Waals surface area (Å²) in [4.78, 5) is 38.9. The standard InChI is InChI=1S/C22H22N2O4/c1-3-14(2)15-8-10-16(11-9-15)23-21(26)13-28-22(27)18-12-20(25)24-19-7-5-4-6-17(18)19/h4-12,14H,3,13H2,1-2H3,(H,23,26)(H,24,25)/t14-/m0/s1. The zero-order valence-corrected chi connectivity index (χ0v) is 15.8. The zero-order valence-electron chi connectivity index (χ0n) is 15.8. The van der Waals surface area contributed by atoms with Gasteiger partial charge in [0.2, 0.25) is 5.56 Å². The summed E-state index contributed by atoms with van der Waals surface area (Å²) in [7, 11) is 0. The molecule has 0 aliphatic rings. The average molecular weight is 378 g/mol. The number of benzene rings is 2. The number of carbonyl (C=O) groups is 2. The Labute approximate surface area is 162 Å². The van der Waals surface area contributed by atoms with E-state index in [4.69, 9.17) is 4.74 Å². The van der Waals surface area contributed by atoms with Crippen LogP contribution in [0.3, 0.4) is 0 Å². The third-order valence-electron chi connectivity index (χ3n) is 4.68. The summed E-state index contributed by atoms with van der Waals surface area (Å²) in [5, 5.41) is 3.26. The van der Waals surface area contributed by atoms with Crippen molar-refractivity contribution in [3.8, 4) is 0 Å². The second-order valence-electron chi connectivity index (χ2n) is 6.65. The number of amides is 1. The second kappa shape index (κ2) is 8.52. The number of rotatable bonds is 6. The van der Waals surface area contributed by atoms with Gasteiger partial charge in [-0.1, -0.05) is 44.2 Å². The molecule has 2 aromatic carbocycles. The predicted octanol–water partition coefficient (Wildman–Crippen LogP) is 3.84. The van der Waals surface area contributed by atoms with Gasteiger partial charge in [-0.25, -0.2) is 4.79 Å². The summed E-state index contributed by atoms with van der Waals surface area (Å²) >= 11 is 0. The normalized spacial score (nSPS) is 11.8. The molecule has 144 valence electrons. The Balaban J connectivity index is 1.63. The number of esters is 1. The maximum absolute atomic E-state index is 12.4. The number of hydrogen-bond donors (Lipinski definition) is 2. The van der Waals surface area contributed by atoms with Crippen LogP contribution in [-0.4, -0.2) is 23.5 Å². The zero-order chi connectivity index (χ0) is 20.1. The van der Waals surface area contributed by atoms with Crippen molar-refractivity contribution < 1.29 is 14.3 Å². The van der Waals surface area contributed by atoms with E-state index in [9.17, 15) is 14.4 Å². The molecule has 0 saturated carbocycles. The molecular formula is C22H22N2O4. The highest BCUT2D eigenvalue weighted by Gasteiger charge is 2.15. The molecule has 0 radical (unpaired) electrons. The number of nitrogens with one attached hydrogen (secondary N) is 2. The molecule has 2 N–H and O–H groups in total. The largest absolute Gasteiger partial charge is 0.452 e. The van der Waals surface area contributed by atoms with Crippen molar-refractivity contribution in [3.63, 3.8) is 0 Å². The highest BCUT2D eigenvalue weighted by molar-refractivity contribution is 6.04. The number of aromatic nitrogens is 1. The van der Waals surface area contributed by atoms with Gasteiger partial charge >= 0.3 is 5.97 Å². The molecule has 28 heavy (non-hydrogen) atoms. The number of anilines is 1. The first-order valence-electron chi connectivity index (χ1n) is 9.17. The van der Waals surface area contributed by atoms with E-state index in [1.165, 1.54) is 11.6 Å². The number of ether oxygens (including phenoxy) is 1. The molecule has 0 aliphatic carbocycles. The first kappa shape index (κ1) is 19.4. The summed E-state index contributed by atoms with van der Waals surface area (Å²) in [6.07, 6.45) is 1.04. The smallest absolute Gasteiger partial charge is 0.339 e. The van der Waals surface area contributed by atoms with Gasteiger partial charge < -0.3 is 15.0 Å². The first-order valence-corrected chi connectivity index (χ1v) is 9.17. The third kappa shape index (κ3) is 4.46. The van der Waals surface area contributed by atoms with Gasteiger partial charge in [-0.05, 0) is 36.1 Å². The summed E-state index contributed by atoms with van der Waals surface area (Å²) < 4.78 is 5.10. The average Bonchev–Trinajstić information content (AvgIpc) is 2.71. The van der Waals surface area contributed by atoms with Gasteiger partial charge in [0.15, 0.2) is 6.61 Å². The number of H-pyrrole nitrogens is 1. The summed E-state index contributed by atoms with van der Waals surface area (Å²) in [5.41, 5.74) is 2.09. The quantitative estimate of drug-likeness (QED) is 0.638. The maximum atomic E-state index is 12.4. The van der Waals surface area contributed by atoms with Crippen LogP contribution >= 0.6 is 0 Å². The molecule has 0 spiro atoms. The van der Waals surface area contributed by atoms with Crippen LogP contribution in [0, 0.1) is 0 Å². The molecule has 0 aliphatic heterocycles. The van der Waals surface area contributed by atoms with Gasteiger partial charge in [0.25, 0.3) is 5.91 Å². The number of fused-ring (bicyclic) bond motifs is 1. The lowest BCUT2D eigenvalue weighted by atomic mass is 9.99. The first-order chi connectivity index (χ1) is 13.5. The van der Waals surface area contributed by atoms with E-state index in [-0.39, 0.29) is 5.56 Å². The number of hydrogen-bond acceptors (Lipinski definition) is 4. The molecule has 0 saturated heterocycles. The van der Waals surface area contributed by atoms with E-state index in [0.717, 1.165) is 6.42 Å². The monoisotopic (exact) mass is 378 g/mol. The Bertz CT molecular complexity index is 1050. The second-order valence-corrected chi connectivity index (χ2v) is 6.65. The minimum atomic E-state index is -0.718. The van der Waals surface area contributed by atoms with Gasteiger partial charge in [0, 0.05) is 22.7 Å². The summed E-state index contributed by atoms with van der Waals surface area (Å²) in [6.45, 7) is 3.83. The fourth-order valence-corrected chi connectivity index (χ4v) is 2.91. The lowest BCUT2D eigenvalue weighted by molar-refractivity contribution is -0.119. The molecule has 6 nitrogen and oxygen atoms in total. The molecule has 0 fully saturated rings. The lowest BCUT2D eigenvalue weighted by Gasteiger charge is -2.11. The van der Waals surface area contributed by atoms with Crippen molar-refractivity contribution >= 4 is 28.5 Å². The highest BCUT2D eigenvalue weighted by atomic mass is 16.5. The van der Waals surface area contributed by atoms with Crippen molar-refractivity contribution in [1.29, 1.82) is 0 Å². The van der Waals surface area contributed by atoms with Gasteiger partial charge in [-0.2, -0.15) is 0 Å². The molecule has 1 aromatic heterocycles. The van der Waals surface area contributed by atoms with Crippen LogP contribution in [0.25, 0.3) is 10.9 Å². The molecule has 3 aromatic rings. The van der Waals surface area contributed by atoms with Crippen LogP contribution in [0.4, 0.5) is 5.69 Å². The van der Waals surface area contributed by atoms with Crippen molar-refractivity contribution in [3.05, 3.63) is 76.1 Å². The van der Waals surface area contributed by atoms with Gasteiger partial charge in [0.1, 0.15) is 0 Å². The van der Waals surface area contributed by atoms with Crippen molar-refractivity contribution in [2.24, 2.45) is 0 Å². The minimum absolute atomic E-state index is 0.130. The Morgan fingerprint density at radius 1 is 1.11 bits per heavy atom. The van der Waals surface area contributed by atoms with E-state index >= 15 is 0 Å². The van der Waals surface area contributed by atoms with Crippen LogP contribution in [-0.2, 0) is 9.53 Å². The lowest BCUT2D eigenvalue weighted by Crippen LogP contribution is -2.22. The van der Waals surface area contributed by atoms with Gasteiger partial charge in [-0.15, -0.1) is 0 Å². The van der Waals surface area contributed by atoms with E-state index in [1.54, 1.807) is 24.3 Å². The van der Waals surface area contributed by atoms with Crippen LogP contribution in [0.2, 0.25) is 0 Å². The number of carbonyl (C=O) groups excluding carboxylic acids is 2. The topological polar surface area (TPSA) is 88.3 Å². The molecule has 1 amide bonds. The number of aromatic amines is 1. The van der Waals surface area contributed by atoms with Crippen LogP contribution in [0.15, 0.2) is 59.4 Å². The van der Waals surface area contributed by atoms with Crippen LogP contribution < -0.4 is 10.9 Å². The van der Waals surface area contributed by atoms with Gasteiger partial charge in [-0.3, -0.25) is 9.59 Å². The molecule has 3 rings (SSSR count). The molecular weight excluding hydrogens is 356 g/mol. The Kier molecular flexibility index (Phi) is 5.89. The van der Waals surface area contributed by atoms with E-state index in [1.807, 2.05) is 24.3 Å². The van der Waals surface area contributed by atoms with Crippen LogP contribution in [0.1, 0.15) is 42.1 Å². The molecule has 0 bridgehead atoms. The van der Waals surface area contributed by atoms with E-state index < -0.39 is 24.0 Å². The van der Waals surface area contributed by atoms with Crippen molar-refractivity contribution in [2.75, 3.05) is 11.9 Å². The fourth-order valence-electron chi connectivity index (χ4n) is 2.91. The molecule has 1 heterocycles. The third-order valence-corrected chi connectivity index (χ3v) is 4.68. The molecule has 1 atom stereocenters. The predicted molar refractivity (Wildman–Crippen MR) is 109 cm³/mol. The number of pyridine rings is 1. The van der Waals surface area contributed by atoms with Crippen molar-refractivity contribution in [1.82, 2.24) is 4.98 Å².